The van der Waals surface area contributed by atoms with Crippen LogP contribution in [-0.4, -0.2) is 25.8 Å². The first-order valence-electron chi connectivity index (χ1n) is 6.84. The topological polar surface area (TPSA) is 44.8 Å². The van der Waals surface area contributed by atoms with Crippen molar-refractivity contribution in [2.45, 2.75) is 20.1 Å². The molecule has 0 amide bonds. The highest BCUT2D eigenvalue weighted by Gasteiger charge is 2.22. The van der Waals surface area contributed by atoms with Gasteiger partial charge in [0.05, 0.1) is 19.8 Å². The van der Waals surface area contributed by atoms with E-state index in [1.807, 2.05) is 36.4 Å². The van der Waals surface area contributed by atoms with Gasteiger partial charge in [-0.2, -0.15) is 0 Å². The van der Waals surface area contributed by atoms with Gasteiger partial charge in [0.2, 0.25) is 0 Å². The summed E-state index contributed by atoms with van der Waals surface area (Å²) in [6.07, 6.45) is 1.54. The van der Waals surface area contributed by atoms with E-state index >= 15 is 0 Å². The second-order valence-electron chi connectivity index (χ2n) is 4.74. The van der Waals surface area contributed by atoms with Crippen molar-refractivity contribution in [1.82, 2.24) is 0 Å². The maximum absolute atomic E-state index is 11.5. The second kappa shape index (κ2) is 7.22. The van der Waals surface area contributed by atoms with Crippen LogP contribution in [0.15, 0.2) is 42.0 Å². The molecule has 20 heavy (non-hydrogen) atoms. The predicted octanol–water partition coefficient (Wildman–Crippen LogP) is 2.86. The molecule has 1 aromatic rings. The molecule has 1 fully saturated rings. The molecular formula is C16H20O4. The van der Waals surface area contributed by atoms with Crippen LogP contribution in [-0.2, 0) is 19.0 Å². The molecule has 0 spiro atoms. The van der Waals surface area contributed by atoms with Crippen LogP contribution in [0.2, 0.25) is 0 Å². The lowest BCUT2D eigenvalue weighted by atomic mass is 10.1. The number of esters is 1. The first-order chi connectivity index (χ1) is 9.70. The van der Waals surface area contributed by atoms with Gasteiger partial charge in [-0.15, -0.1) is 0 Å². The molecule has 1 saturated heterocycles. The Hall–Kier alpha value is -1.65. The largest absolute Gasteiger partial charge is 0.463 e. The molecule has 0 bridgehead atoms. The monoisotopic (exact) mass is 276 g/mol. The van der Waals surface area contributed by atoms with Crippen molar-refractivity contribution in [3.63, 3.8) is 0 Å². The van der Waals surface area contributed by atoms with E-state index in [1.54, 1.807) is 13.8 Å². The molecule has 1 aliphatic heterocycles. The van der Waals surface area contributed by atoms with Crippen molar-refractivity contribution < 1.29 is 19.0 Å². The molecule has 0 saturated carbocycles. The summed E-state index contributed by atoms with van der Waals surface area (Å²) < 4.78 is 16.3. The van der Waals surface area contributed by atoms with E-state index in [4.69, 9.17) is 14.2 Å². The molecule has 0 radical (unpaired) electrons. The fourth-order valence-corrected chi connectivity index (χ4v) is 2.08. The molecule has 0 aliphatic carbocycles. The summed E-state index contributed by atoms with van der Waals surface area (Å²) in [6.45, 7) is 5.01. The molecular weight excluding hydrogens is 256 g/mol. The van der Waals surface area contributed by atoms with Crippen LogP contribution in [0.1, 0.15) is 25.7 Å². The highest BCUT2D eigenvalue weighted by atomic mass is 16.7. The fraction of sp³-hybridized carbons (Fsp3) is 0.438. The fourth-order valence-electron chi connectivity index (χ4n) is 2.08. The van der Waals surface area contributed by atoms with E-state index in [0.29, 0.717) is 25.4 Å². The number of hydrogen-bond acceptors (Lipinski definition) is 4. The van der Waals surface area contributed by atoms with Gasteiger partial charge < -0.3 is 14.2 Å². The van der Waals surface area contributed by atoms with Gasteiger partial charge in [-0.25, -0.2) is 4.79 Å². The van der Waals surface area contributed by atoms with Crippen LogP contribution in [0.25, 0.3) is 0 Å². The lowest BCUT2D eigenvalue weighted by Crippen LogP contribution is -2.26. The Bertz CT molecular complexity index is 459. The lowest BCUT2D eigenvalue weighted by molar-refractivity contribution is -0.197. The number of benzene rings is 1. The highest BCUT2D eigenvalue weighted by molar-refractivity contribution is 5.87. The van der Waals surface area contributed by atoms with Gasteiger partial charge in [0, 0.05) is 17.1 Å². The third-order valence-corrected chi connectivity index (χ3v) is 3.08. The Morgan fingerprint density at radius 1 is 1.30 bits per heavy atom. The Kier molecular flexibility index (Phi) is 5.32. The zero-order valence-corrected chi connectivity index (χ0v) is 11.9. The van der Waals surface area contributed by atoms with Gasteiger partial charge in [-0.1, -0.05) is 36.4 Å². The third-order valence-electron chi connectivity index (χ3n) is 3.08. The summed E-state index contributed by atoms with van der Waals surface area (Å²) in [5, 5.41) is 0. The number of carbonyl (C=O) groups is 1. The summed E-state index contributed by atoms with van der Waals surface area (Å²) in [6, 6.07) is 9.83. The van der Waals surface area contributed by atoms with Gasteiger partial charge in [-0.3, -0.25) is 0 Å². The van der Waals surface area contributed by atoms with Crippen molar-refractivity contribution in [1.29, 1.82) is 0 Å². The molecule has 108 valence electrons. The zero-order valence-electron chi connectivity index (χ0n) is 11.9. The highest BCUT2D eigenvalue weighted by Crippen LogP contribution is 2.25. The molecule has 0 unspecified atom stereocenters. The van der Waals surface area contributed by atoms with E-state index < -0.39 is 0 Å². The van der Waals surface area contributed by atoms with Crippen molar-refractivity contribution in [2.24, 2.45) is 5.92 Å². The molecule has 0 aromatic heterocycles. The van der Waals surface area contributed by atoms with Crippen molar-refractivity contribution in [3.05, 3.63) is 47.5 Å². The average Bonchev–Trinajstić information content (AvgIpc) is 2.49. The van der Waals surface area contributed by atoms with E-state index in [-0.39, 0.29) is 18.2 Å². The Labute approximate surface area is 119 Å². The molecule has 2 rings (SSSR count). The van der Waals surface area contributed by atoms with E-state index in [9.17, 15) is 4.79 Å². The van der Waals surface area contributed by atoms with Gasteiger partial charge in [0.1, 0.15) is 0 Å². The smallest absolute Gasteiger partial charge is 0.333 e. The summed E-state index contributed by atoms with van der Waals surface area (Å²) in [7, 11) is 0. The normalized spacial score (nSPS) is 23.4. The molecule has 1 heterocycles. The van der Waals surface area contributed by atoms with Crippen LogP contribution >= 0.6 is 0 Å². The Morgan fingerprint density at radius 2 is 1.95 bits per heavy atom. The van der Waals surface area contributed by atoms with Crippen LogP contribution in [0.3, 0.4) is 0 Å². The van der Waals surface area contributed by atoms with E-state index in [1.165, 1.54) is 0 Å². The second-order valence-corrected chi connectivity index (χ2v) is 4.74. The summed E-state index contributed by atoms with van der Waals surface area (Å²) in [5.41, 5.74) is 1.61. The molecule has 0 atom stereocenters. The Balaban J connectivity index is 1.88. The SMILES string of the molecule is CCOC(=O)/C(C)=C\C1COC(c2ccccc2)OC1. The molecule has 4 heteroatoms. The van der Waals surface area contributed by atoms with Crippen LogP contribution in [0, 0.1) is 5.92 Å². The van der Waals surface area contributed by atoms with Gasteiger partial charge in [-0.05, 0) is 13.8 Å². The van der Waals surface area contributed by atoms with Gasteiger partial charge in [0.25, 0.3) is 0 Å². The average molecular weight is 276 g/mol. The van der Waals surface area contributed by atoms with Crippen molar-refractivity contribution >= 4 is 5.97 Å². The summed E-state index contributed by atoms with van der Waals surface area (Å²) in [5.74, 6) is -0.197. The van der Waals surface area contributed by atoms with E-state index in [0.717, 1.165) is 5.56 Å². The number of carbonyl (C=O) groups excluding carboxylic acids is 1. The quantitative estimate of drug-likeness (QED) is 0.626. The summed E-state index contributed by atoms with van der Waals surface area (Å²) in [4.78, 5) is 11.5. The standard InChI is InChI=1S/C16H20O4/c1-3-18-15(17)12(2)9-13-10-19-16(20-11-13)14-7-5-4-6-8-14/h4-9,13,16H,3,10-11H2,1-2H3/b12-9-. The van der Waals surface area contributed by atoms with Crippen LogP contribution < -0.4 is 0 Å². The first-order valence-corrected chi connectivity index (χ1v) is 6.84. The van der Waals surface area contributed by atoms with Gasteiger partial charge in [0.15, 0.2) is 6.29 Å². The van der Waals surface area contributed by atoms with Crippen molar-refractivity contribution in [3.8, 4) is 0 Å². The van der Waals surface area contributed by atoms with Crippen LogP contribution in [0.4, 0.5) is 0 Å². The molecule has 1 aliphatic rings. The lowest BCUT2D eigenvalue weighted by Gasteiger charge is -2.28. The number of rotatable bonds is 4. The minimum atomic E-state index is -0.316. The maximum atomic E-state index is 11.5. The molecule has 4 nitrogen and oxygen atoms in total. The zero-order chi connectivity index (χ0) is 14.4. The summed E-state index contributed by atoms with van der Waals surface area (Å²) >= 11 is 0. The number of hydrogen-bond donors (Lipinski definition) is 0. The maximum Gasteiger partial charge on any atom is 0.333 e. The molecule has 1 aromatic carbocycles. The van der Waals surface area contributed by atoms with Crippen LogP contribution in [0.5, 0.6) is 0 Å². The minimum Gasteiger partial charge on any atom is -0.463 e. The Morgan fingerprint density at radius 3 is 2.55 bits per heavy atom. The number of ether oxygens (including phenoxy) is 3. The van der Waals surface area contributed by atoms with Gasteiger partial charge >= 0.3 is 5.97 Å². The first kappa shape index (κ1) is 14.8. The minimum absolute atomic E-state index is 0.0827. The van der Waals surface area contributed by atoms with Crippen molar-refractivity contribution in [2.75, 3.05) is 19.8 Å². The third kappa shape index (κ3) is 3.92. The van der Waals surface area contributed by atoms with E-state index in [2.05, 4.69) is 0 Å². The predicted molar refractivity (Wildman–Crippen MR) is 75.0 cm³/mol. The molecule has 0 N–H and O–H groups in total.